The number of unbranched alkanes of at least 4 members (excludes halogenated alkanes) is 15. The Kier molecular flexibility index (Phi) is 17.4. The summed E-state index contributed by atoms with van der Waals surface area (Å²) in [4.78, 5) is 11.8. The second kappa shape index (κ2) is 18.5. The highest BCUT2D eigenvalue weighted by molar-refractivity contribution is 7.45. The van der Waals surface area contributed by atoms with E-state index in [0.29, 0.717) is 0 Å². The van der Waals surface area contributed by atoms with Crippen LogP contribution >= 0.6 is 7.82 Å². The molecule has 1 unspecified atom stereocenters. The summed E-state index contributed by atoms with van der Waals surface area (Å²) in [6.07, 6.45) is 23.4. The first-order valence-corrected chi connectivity index (χ1v) is 14.9. The molecule has 1 fully saturated rings. The summed E-state index contributed by atoms with van der Waals surface area (Å²) in [7, 11) is -1.96. The van der Waals surface area contributed by atoms with Crippen LogP contribution in [-0.2, 0) is 13.6 Å². The largest absolute Gasteiger partial charge is 0.756 e. The molecule has 0 saturated carbocycles. The van der Waals surface area contributed by atoms with Crippen molar-refractivity contribution in [1.29, 1.82) is 0 Å². The van der Waals surface area contributed by atoms with Crippen LogP contribution in [0.15, 0.2) is 0 Å². The topological polar surface area (TPSA) is 58.6 Å². The van der Waals surface area contributed by atoms with E-state index in [1.165, 1.54) is 103 Å². The van der Waals surface area contributed by atoms with Gasteiger partial charge in [0.05, 0.1) is 26.7 Å². The van der Waals surface area contributed by atoms with E-state index in [1.54, 1.807) is 0 Å². The highest BCUT2D eigenvalue weighted by atomic mass is 31.2. The van der Waals surface area contributed by atoms with E-state index in [-0.39, 0.29) is 13.2 Å². The van der Waals surface area contributed by atoms with E-state index in [2.05, 4.69) is 14.0 Å². The van der Waals surface area contributed by atoms with Gasteiger partial charge in [0.15, 0.2) is 0 Å². The smallest absolute Gasteiger partial charge is 0.268 e. The first kappa shape index (κ1) is 29.1. The van der Waals surface area contributed by atoms with Gasteiger partial charge in [-0.2, -0.15) is 0 Å². The number of phosphoric ester groups is 1. The molecule has 0 N–H and O–H groups in total. The van der Waals surface area contributed by atoms with Crippen LogP contribution in [0.25, 0.3) is 0 Å². The predicted molar refractivity (Wildman–Crippen MR) is 129 cm³/mol. The van der Waals surface area contributed by atoms with Crippen molar-refractivity contribution < 1.29 is 23.0 Å². The summed E-state index contributed by atoms with van der Waals surface area (Å²) in [6, 6.07) is 0. The van der Waals surface area contributed by atoms with Crippen LogP contribution in [0, 0.1) is 0 Å². The van der Waals surface area contributed by atoms with Crippen LogP contribution in [0.1, 0.15) is 122 Å². The molecule has 0 aromatic carbocycles. The van der Waals surface area contributed by atoms with Gasteiger partial charge in [-0.05, 0) is 6.42 Å². The number of phosphoric acid groups is 1. The second-order valence-electron chi connectivity index (χ2n) is 9.91. The van der Waals surface area contributed by atoms with Crippen molar-refractivity contribution in [2.24, 2.45) is 0 Å². The Morgan fingerprint density at radius 1 is 0.677 bits per heavy atom. The van der Waals surface area contributed by atoms with E-state index in [4.69, 9.17) is 9.05 Å². The summed E-state index contributed by atoms with van der Waals surface area (Å²) >= 11 is 0. The van der Waals surface area contributed by atoms with Crippen LogP contribution < -0.4 is 4.89 Å². The maximum absolute atomic E-state index is 11.8. The number of nitrogens with zero attached hydrogens (tertiary/aromatic N) is 1. The van der Waals surface area contributed by atoms with Crippen LogP contribution in [0.3, 0.4) is 0 Å². The minimum Gasteiger partial charge on any atom is -0.756 e. The van der Waals surface area contributed by atoms with Crippen LogP contribution in [-0.4, -0.2) is 44.4 Å². The number of hydrogen-bond acceptors (Lipinski definition) is 4. The maximum Gasteiger partial charge on any atom is 0.268 e. The average Bonchev–Trinajstić information content (AvgIpc) is 3.16. The standard InChI is InChI=1S/C25H52NO4P/c1-3-4-5-6-7-8-9-10-11-12-13-14-15-16-17-20-24-29-31(27,28)30-25-23-26(2)21-18-19-22-26/h3-25H2,1-2H3. The van der Waals surface area contributed by atoms with E-state index in [1.807, 2.05) is 0 Å². The highest BCUT2D eigenvalue weighted by Crippen LogP contribution is 2.38. The fourth-order valence-corrected chi connectivity index (χ4v) is 5.29. The third-order valence-electron chi connectivity index (χ3n) is 6.77. The van der Waals surface area contributed by atoms with Gasteiger partial charge < -0.3 is 18.4 Å². The molecule has 1 aliphatic rings. The molecule has 1 rings (SSSR count). The molecule has 0 spiro atoms. The fraction of sp³-hybridized carbons (Fsp3) is 1.00. The summed E-state index contributed by atoms with van der Waals surface area (Å²) in [5.41, 5.74) is 0. The number of hydrogen-bond donors (Lipinski definition) is 0. The molecule has 0 aromatic heterocycles. The third kappa shape index (κ3) is 17.2. The molecule has 1 aliphatic heterocycles. The summed E-state index contributed by atoms with van der Waals surface area (Å²) < 4.78 is 22.8. The Morgan fingerprint density at radius 3 is 1.52 bits per heavy atom. The number of quaternary nitrogens is 1. The molecule has 0 radical (unpaired) electrons. The lowest BCUT2D eigenvalue weighted by Crippen LogP contribution is -2.43. The molecule has 1 saturated heterocycles. The summed E-state index contributed by atoms with van der Waals surface area (Å²) in [6.45, 7) is 5.74. The van der Waals surface area contributed by atoms with Crippen molar-refractivity contribution in [3.05, 3.63) is 0 Å². The third-order valence-corrected chi connectivity index (χ3v) is 7.77. The molecule has 0 bridgehead atoms. The Morgan fingerprint density at radius 2 is 1.06 bits per heavy atom. The van der Waals surface area contributed by atoms with Gasteiger partial charge in [-0.25, -0.2) is 0 Å². The normalized spacial score (nSPS) is 17.8. The van der Waals surface area contributed by atoms with Gasteiger partial charge in [0.1, 0.15) is 13.2 Å². The van der Waals surface area contributed by atoms with Gasteiger partial charge in [-0.3, -0.25) is 4.57 Å². The minimum absolute atomic E-state index is 0.232. The lowest BCUT2D eigenvalue weighted by molar-refractivity contribution is -0.897. The van der Waals surface area contributed by atoms with Crippen molar-refractivity contribution in [1.82, 2.24) is 0 Å². The molecule has 5 nitrogen and oxygen atoms in total. The van der Waals surface area contributed by atoms with Crippen molar-refractivity contribution in [3.63, 3.8) is 0 Å². The Balaban J connectivity index is 1.80. The summed E-state index contributed by atoms with van der Waals surface area (Å²) in [5, 5.41) is 0. The molecule has 31 heavy (non-hydrogen) atoms. The maximum atomic E-state index is 11.8. The predicted octanol–water partition coefficient (Wildman–Crippen LogP) is 6.99. The van der Waals surface area contributed by atoms with Crippen molar-refractivity contribution >= 4 is 7.82 Å². The Labute approximate surface area is 193 Å². The van der Waals surface area contributed by atoms with Gasteiger partial charge in [-0.15, -0.1) is 0 Å². The zero-order chi connectivity index (χ0) is 22.7. The fourth-order valence-electron chi connectivity index (χ4n) is 4.56. The van der Waals surface area contributed by atoms with E-state index < -0.39 is 7.82 Å². The van der Waals surface area contributed by atoms with Crippen molar-refractivity contribution in [2.45, 2.75) is 122 Å². The zero-order valence-corrected chi connectivity index (χ0v) is 21.7. The van der Waals surface area contributed by atoms with Gasteiger partial charge in [0.2, 0.25) is 0 Å². The van der Waals surface area contributed by atoms with Gasteiger partial charge in [0.25, 0.3) is 7.82 Å². The van der Waals surface area contributed by atoms with Gasteiger partial charge >= 0.3 is 0 Å². The molecule has 1 atom stereocenters. The molecular weight excluding hydrogens is 409 g/mol. The van der Waals surface area contributed by atoms with Gasteiger partial charge in [0, 0.05) is 12.8 Å². The van der Waals surface area contributed by atoms with Crippen LogP contribution in [0.2, 0.25) is 0 Å². The first-order chi connectivity index (χ1) is 15.0. The van der Waals surface area contributed by atoms with E-state index in [9.17, 15) is 9.46 Å². The van der Waals surface area contributed by atoms with Crippen LogP contribution in [0.5, 0.6) is 0 Å². The first-order valence-electron chi connectivity index (χ1n) is 13.4. The Bertz CT molecular complexity index is 455. The monoisotopic (exact) mass is 461 g/mol. The molecular formula is C25H52NO4P. The van der Waals surface area contributed by atoms with Crippen molar-refractivity contribution in [3.8, 4) is 0 Å². The summed E-state index contributed by atoms with van der Waals surface area (Å²) in [5.74, 6) is 0. The second-order valence-corrected chi connectivity index (χ2v) is 11.3. The van der Waals surface area contributed by atoms with E-state index >= 15 is 0 Å². The lowest BCUT2D eigenvalue weighted by atomic mass is 10.0. The number of likely N-dealkylation sites (tertiary alicyclic amines) is 1. The SMILES string of the molecule is CCCCCCCCCCCCCCCCCCOP(=O)([O-])OCC[N+]1(C)CCCC1. The number of likely N-dealkylation sites (N-methyl/N-ethyl adjacent to an activating group) is 1. The average molecular weight is 462 g/mol. The molecule has 0 amide bonds. The van der Waals surface area contributed by atoms with Crippen LogP contribution in [0.4, 0.5) is 0 Å². The molecule has 6 heteroatoms. The minimum atomic E-state index is -4.13. The highest BCUT2D eigenvalue weighted by Gasteiger charge is 2.26. The van der Waals surface area contributed by atoms with Gasteiger partial charge in [-0.1, -0.05) is 103 Å². The Hall–Kier alpha value is 0.0700. The quantitative estimate of drug-likeness (QED) is 0.0990. The number of rotatable bonds is 22. The molecule has 0 aromatic rings. The molecule has 1 heterocycles. The lowest BCUT2D eigenvalue weighted by Gasteiger charge is -2.30. The molecule has 0 aliphatic carbocycles. The molecule has 186 valence electrons. The van der Waals surface area contributed by atoms with E-state index in [0.717, 1.165) is 37.0 Å². The van der Waals surface area contributed by atoms with Crippen molar-refractivity contribution in [2.75, 3.05) is 39.9 Å². The zero-order valence-electron chi connectivity index (χ0n) is 20.8.